The van der Waals surface area contributed by atoms with Crippen LogP contribution in [0.1, 0.15) is 11.1 Å². The van der Waals surface area contributed by atoms with Crippen molar-refractivity contribution in [3.8, 4) is 0 Å². The van der Waals surface area contributed by atoms with Crippen LogP contribution in [-0.2, 0) is 9.84 Å². The van der Waals surface area contributed by atoms with Gasteiger partial charge in [0.05, 0.1) is 23.6 Å². The van der Waals surface area contributed by atoms with Crippen LogP contribution >= 0.6 is 11.6 Å². The van der Waals surface area contributed by atoms with Gasteiger partial charge in [0.25, 0.3) is 0 Å². The number of halogens is 1. The monoisotopic (exact) mass is 390 g/mol. The van der Waals surface area contributed by atoms with Crippen LogP contribution in [0.15, 0.2) is 42.5 Å². The zero-order valence-electron chi connectivity index (χ0n) is 14.5. The van der Waals surface area contributed by atoms with Gasteiger partial charge in [-0.1, -0.05) is 23.7 Å². The summed E-state index contributed by atoms with van der Waals surface area (Å²) in [5.41, 5.74) is 3.55. The summed E-state index contributed by atoms with van der Waals surface area (Å²) in [4.78, 5) is 16.5. The van der Waals surface area contributed by atoms with Crippen molar-refractivity contribution >= 4 is 38.8 Å². The lowest BCUT2D eigenvalue weighted by Crippen LogP contribution is -2.38. The second kappa shape index (κ2) is 5.99. The Hall–Kier alpha value is -2.05. The number of carbonyl (C=O) groups excluding carboxylic acids is 1. The van der Waals surface area contributed by atoms with Gasteiger partial charge in [0.1, 0.15) is 0 Å². The standard InChI is InChI=1S/C19H19ClN2O3S/c1-12-6-7-16(8-13(12)2)22-18-11-26(24,25)10-17(18)21(19(22)23)15-5-3-4-14(20)9-15/h3-9,17-18H,10-11H2,1-2H3/t17-,18-/m0/s1. The number of benzene rings is 2. The first-order valence-corrected chi connectivity index (χ1v) is 10.6. The van der Waals surface area contributed by atoms with Crippen LogP contribution in [0.4, 0.5) is 16.2 Å². The van der Waals surface area contributed by atoms with Crippen molar-refractivity contribution < 1.29 is 13.2 Å². The second-order valence-electron chi connectivity index (χ2n) is 6.98. The maximum atomic E-state index is 13.3. The Morgan fingerprint density at radius 2 is 1.54 bits per heavy atom. The summed E-state index contributed by atoms with van der Waals surface area (Å²) in [5, 5.41) is 0.511. The van der Waals surface area contributed by atoms with Gasteiger partial charge in [-0.3, -0.25) is 9.80 Å². The molecule has 26 heavy (non-hydrogen) atoms. The molecule has 0 aliphatic carbocycles. The predicted molar refractivity (Wildman–Crippen MR) is 104 cm³/mol. The molecule has 0 spiro atoms. The SMILES string of the molecule is Cc1ccc(N2C(=O)N(c3cccc(Cl)c3)[C@H]3CS(=O)(=O)C[C@@H]32)cc1C. The van der Waals surface area contributed by atoms with Crippen LogP contribution in [0.2, 0.25) is 5.02 Å². The maximum absolute atomic E-state index is 13.3. The molecule has 2 aromatic rings. The molecular formula is C19H19ClN2O3S. The fourth-order valence-electron chi connectivity index (χ4n) is 3.81. The van der Waals surface area contributed by atoms with Gasteiger partial charge in [-0.25, -0.2) is 13.2 Å². The van der Waals surface area contributed by atoms with Crippen LogP contribution in [0.25, 0.3) is 0 Å². The van der Waals surface area contributed by atoms with Crippen molar-refractivity contribution in [1.29, 1.82) is 0 Å². The van der Waals surface area contributed by atoms with E-state index in [9.17, 15) is 13.2 Å². The molecule has 4 rings (SSSR count). The number of urea groups is 1. The number of fused-ring (bicyclic) bond motifs is 1. The molecule has 5 nitrogen and oxygen atoms in total. The van der Waals surface area contributed by atoms with Gasteiger partial charge in [-0.05, 0) is 55.3 Å². The van der Waals surface area contributed by atoms with Gasteiger partial charge in [-0.2, -0.15) is 0 Å². The maximum Gasteiger partial charge on any atom is 0.329 e. The highest BCUT2D eigenvalue weighted by Crippen LogP contribution is 2.38. The Morgan fingerprint density at radius 3 is 2.12 bits per heavy atom. The molecule has 7 heteroatoms. The largest absolute Gasteiger partial charge is 0.329 e. The lowest BCUT2D eigenvalue weighted by atomic mass is 10.1. The van der Waals surface area contributed by atoms with E-state index < -0.39 is 21.9 Å². The normalized spacial score (nSPS) is 24.2. The zero-order chi connectivity index (χ0) is 18.6. The summed E-state index contributed by atoms with van der Waals surface area (Å²) in [6.45, 7) is 3.99. The van der Waals surface area contributed by atoms with Crippen molar-refractivity contribution in [1.82, 2.24) is 0 Å². The highest BCUT2D eigenvalue weighted by atomic mass is 35.5. The number of rotatable bonds is 2. The molecule has 0 radical (unpaired) electrons. The second-order valence-corrected chi connectivity index (χ2v) is 9.57. The number of hydrogen-bond acceptors (Lipinski definition) is 3. The summed E-state index contributed by atoms with van der Waals surface area (Å²) in [6.07, 6.45) is 0. The molecular weight excluding hydrogens is 372 g/mol. The average molecular weight is 391 g/mol. The van der Waals surface area contributed by atoms with E-state index >= 15 is 0 Å². The first kappa shape index (κ1) is 17.4. The van der Waals surface area contributed by atoms with E-state index in [2.05, 4.69) is 0 Å². The van der Waals surface area contributed by atoms with Gasteiger partial charge < -0.3 is 0 Å². The van der Waals surface area contributed by atoms with Crippen LogP contribution in [0.5, 0.6) is 0 Å². The number of hydrogen-bond donors (Lipinski definition) is 0. The van der Waals surface area contributed by atoms with Gasteiger partial charge >= 0.3 is 6.03 Å². The molecule has 136 valence electrons. The van der Waals surface area contributed by atoms with E-state index in [0.29, 0.717) is 10.7 Å². The minimum atomic E-state index is -3.21. The third-order valence-electron chi connectivity index (χ3n) is 5.22. The van der Waals surface area contributed by atoms with Crippen LogP contribution in [0.3, 0.4) is 0 Å². The van der Waals surface area contributed by atoms with Crippen LogP contribution < -0.4 is 9.80 Å². The molecule has 2 heterocycles. The Balaban J connectivity index is 1.82. The van der Waals surface area contributed by atoms with Crippen molar-refractivity contribution in [3.63, 3.8) is 0 Å². The molecule has 2 aromatic carbocycles. The Labute approximate surface area is 158 Å². The molecule has 2 aliphatic heterocycles. The predicted octanol–water partition coefficient (Wildman–Crippen LogP) is 3.57. The van der Waals surface area contributed by atoms with Crippen molar-refractivity contribution in [2.45, 2.75) is 25.9 Å². The van der Waals surface area contributed by atoms with Gasteiger partial charge in [0.2, 0.25) is 0 Å². The van der Waals surface area contributed by atoms with Gasteiger partial charge in [-0.15, -0.1) is 0 Å². The number of nitrogens with zero attached hydrogens (tertiary/aromatic N) is 2. The molecule has 0 bridgehead atoms. The molecule has 2 aliphatic rings. The summed E-state index contributed by atoms with van der Waals surface area (Å²) in [7, 11) is -3.21. The summed E-state index contributed by atoms with van der Waals surface area (Å²) in [6, 6.07) is 11.7. The minimum Gasteiger partial charge on any atom is -0.288 e. The quantitative estimate of drug-likeness (QED) is 0.736. The van der Waals surface area contributed by atoms with E-state index in [1.165, 1.54) is 0 Å². The highest BCUT2D eigenvalue weighted by Gasteiger charge is 2.54. The summed E-state index contributed by atoms with van der Waals surface area (Å²) < 4.78 is 24.6. The number of aryl methyl sites for hydroxylation is 2. The fraction of sp³-hybridized carbons (Fsp3) is 0.316. The van der Waals surface area contributed by atoms with Gasteiger partial charge in [0, 0.05) is 16.4 Å². The molecule has 2 atom stereocenters. The molecule has 0 saturated carbocycles. The third-order valence-corrected chi connectivity index (χ3v) is 7.16. The molecule has 2 saturated heterocycles. The molecule has 2 amide bonds. The fourth-order valence-corrected chi connectivity index (χ4v) is 5.91. The number of amides is 2. The van der Waals surface area contributed by atoms with Crippen molar-refractivity contribution in [2.75, 3.05) is 21.3 Å². The van der Waals surface area contributed by atoms with E-state index in [4.69, 9.17) is 11.6 Å². The number of sulfone groups is 1. The van der Waals surface area contributed by atoms with Crippen LogP contribution in [0, 0.1) is 13.8 Å². The van der Waals surface area contributed by atoms with E-state index in [1.807, 2.05) is 32.0 Å². The van der Waals surface area contributed by atoms with E-state index in [0.717, 1.165) is 16.8 Å². The lowest BCUT2D eigenvalue weighted by molar-refractivity contribution is 0.255. The average Bonchev–Trinajstić information content (AvgIpc) is 2.99. The third kappa shape index (κ3) is 2.77. The summed E-state index contributed by atoms with van der Waals surface area (Å²) >= 11 is 6.09. The van der Waals surface area contributed by atoms with E-state index in [-0.39, 0.29) is 17.5 Å². The number of anilines is 2. The van der Waals surface area contributed by atoms with Crippen molar-refractivity contribution in [2.24, 2.45) is 0 Å². The van der Waals surface area contributed by atoms with Crippen LogP contribution in [-0.4, -0.2) is 38.0 Å². The molecule has 0 aromatic heterocycles. The Morgan fingerprint density at radius 1 is 0.923 bits per heavy atom. The van der Waals surface area contributed by atoms with Crippen molar-refractivity contribution in [3.05, 3.63) is 58.6 Å². The minimum absolute atomic E-state index is 0.0204. The topological polar surface area (TPSA) is 57.7 Å². The highest BCUT2D eigenvalue weighted by molar-refractivity contribution is 7.91. The Bertz CT molecular complexity index is 1010. The lowest BCUT2D eigenvalue weighted by Gasteiger charge is -2.23. The molecule has 0 unspecified atom stereocenters. The smallest absolute Gasteiger partial charge is 0.288 e. The Kier molecular flexibility index (Phi) is 4.00. The molecule has 0 N–H and O–H groups in total. The first-order valence-electron chi connectivity index (χ1n) is 8.42. The summed E-state index contributed by atoms with van der Waals surface area (Å²) in [5.74, 6) is -0.0509. The number of carbonyl (C=O) groups is 1. The first-order chi connectivity index (χ1) is 12.3. The van der Waals surface area contributed by atoms with Gasteiger partial charge in [0.15, 0.2) is 9.84 Å². The molecule has 2 fully saturated rings. The zero-order valence-corrected chi connectivity index (χ0v) is 16.1. The van der Waals surface area contributed by atoms with E-state index in [1.54, 1.807) is 34.1 Å².